The van der Waals surface area contributed by atoms with E-state index in [1.165, 1.54) is 0 Å². The summed E-state index contributed by atoms with van der Waals surface area (Å²) in [5, 5.41) is 0. The lowest BCUT2D eigenvalue weighted by molar-refractivity contribution is -0.119. The molecule has 126 valence electrons. The number of carbonyl (C=O) groups excluding carboxylic acids is 2. The summed E-state index contributed by atoms with van der Waals surface area (Å²) in [6.07, 6.45) is 1.99. The van der Waals surface area contributed by atoms with E-state index in [1.807, 2.05) is 62.4 Å². The molecule has 2 amide bonds. The topological polar surface area (TPSA) is 63.4 Å². The van der Waals surface area contributed by atoms with E-state index >= 15 is 0 Å². The Labute approximate surface area is 143 Å². The third kappa shape index (κ3) is 4.95. The van der Waals surface area contributed by atoms with Crippen LogP contribution in [0, 0.1) is 13.8 Å². The summed E-state index contributed by atoms with van der Waals surface area (Å²) in [4.78, 5) is 25.3. The Hall–Kier alpha value is -2.62. The number of benzene rings is 2. The maximum absolute atomic E-state index is 12.8. The molecule has 2 N–H and O–H groups in total. The van der Waals surface area contributed by atoms with Crippen molar-refractivity contribution in [1.29, 1.82) is 0 Å². The van der Waals surface area contributed by atoms with Gasteiger partial charge in [0, 0.05) is 24.2 Å². The highest BCUT2D eigenvalue weighted by atomic mass is 16.2. The Kier molecular flexibility index (Phi) is 6.13. The third-order valence-electron chi connectivity index (χ3n) is 3.90. The van der Waals surface area contributed by atoms with E-state index in [2.05, 4.69) is 0 Å². The van der Waals surface area contributed by atoms with Crippen LogP contribution >= 0.6 is 0 Å². The van der Waals surface area contributed by atoms with Gasteiger partial charge in [-0.3, -0.25) is 14.5 Å². The summed E-state index contributed by atoms with van der Waals surface area (Å²) in [5.41, 5.74) is 9.15. The largest absolute Gasteiger partial charge is 0.370 e. The average molecular weight is 324 g/mol. The number of aryl methyl sites for hydroxylation is 2. The number of nitrogens with two attached hydrogens (primary N) is 1. The molecule has 2 aromatic rings. The molecule has 0 fully saturated rings. The summed E-state index contributed by atoms with van der Waals surface area (Å²) in [6.45, 7) is 4.04. The van der Waals surface area contributed by atoms with Crippen LogP contribution in [0.25, 0.3) is 0 Å². The van der Waals surface area contributed by atoms with Crippen molar-refractivity contribution in [2.24, 2.45) is 5.73 Å². The first-order valence-electron chi connectivity index (χ1n) is 8.22. The molecule has 0 aliphatic heterocycles. The zero-order chi connectivity index (χ0) is 17.5. The van der Waals surface area contributed by atoms with Crippen LogP contribution in [0.2, 0.25) is 0 Å². The van der Waals surface area contributed by atoms with Crippen molar-refractivity contribution in [3.63, 3.8) is 0 Å². The first-order chi connectivity index (χ1) is 11.5. The summed E-state index contributed by atoms with van der Waals surface area (Å²) in [5.74, 6) is -0.302. The van der Waals surface area contributed by atoms with E-state index in [-0.39, 0.29) is 11.8 Å². The normalized spacial score (nSPS) is 10.4. The fourth-order valence-corrected chi connectivity index (χ4v) is 2.51. The Balaban J connectivity index is 2.19. The van der Waals surface area contributed by atoms with Crippen LogP contribution in [0.5, 0.6) is 0 Å². The van der Waals surface area contributed by atoms with Crippen LogP contribution < -0.4 is 10.6 Å². The van der Waals surface area contributed by atoms with E-state index in [1.54, 1.807) is 4.90 Å². The molecular formula is C20H24N2O2. The summed E-state index contributed by atoms with van der Waals surface area (Å²) in [6, 6.07) is 15.8. The number of unbranched alkanes of at least 4 members (excludes halogenated alkanes) is 1. The quantitative estimate of drug-likeness (QED) is 0.782. The minimum atomic E-state index is -0.323. The van der Waals surface area contributed by atoms with Crippen molar-refractivity contribution >= 4 is 23.2 Å². The number of hydrogen-bond acceptors (Lipinski definition) is 2. The molecule has 0 aromatic heterocycles. The van der Waals surface area contributed by atoms with Gasteiger partial charge in [-0.1, -0.05) is 35.4 Å². The van der Waals surface area contributed by atoms with Crippen LogP contribution in [-0.2, 0) is 9.59 Å². The molecule has 2 aromatic carbocycles. The van der Waals surface area contributed by atoms with E-state index in [0.29, 0.717) is 25.7 Å². The van der Waals surface area contributed by atoms with E-state index in [9.17, 15) is 9.59 Å². The van der Waals surface area contributed by atoms with Crippen LogP contribution in [0.15, 0.2) is 48.5 Å². The standard InChI is InChI=1S/C20H24N2O2/c1-15-7-11-17(12-8-15)22(18-13-9-16(2)10-14-18)20(24)6-4-3-5-19(21)23/h7-14H,3-6H2,1-2H3,(H2,21,23). The molecule has 0 atom stereocenters. The van der Waals surface area contributed by atoms with Gasteiger partial charge in [-0.05, 0) is 51.0 Å². The molecule has 0 saturated heterocycles. The second kappa shape index (κ2) is 8.29. The molecule has 0 unspecified atom stereocenters. The molecule has 2 rings (SSSR count). The highest BCUT2D eigenvalue weighted by molar-refractivity contribution is 6.00. The van der Waals surface area contributed by atoms with Crippen molar-refractivity contribution in [3.05, 3.63) is 59.7 Å². The Morgan fingerprint density at radius 3 is 1.62 bits per heavy atom. The zero-order valence-electron chi connectivity index (χ0n) is 14.3. The lowest BCUT2D eigenvalue weighted by Crippen LogP contribution is -2.25. The summed E-state index contributed by atoms with van der Waals surface area (Å²) in [7, 11) is 0. The van der Waals surface area contributed by atoms with Crippen molar-refractivity contribution < 1.29 is 9.59 Å². The zero-order valence-corrected chi connectivity index (χ0v) is 14.3. The van der Waals surface area contributed by atoms with Gasteiger partial charge in [0.2, 0.25) is 11.8 Å². The highest BCUT2D eigenvalue weighted by Crippen LogP contribution is 2.27. The van der Waals surface area contributed by atoms with Gasteiger partial charge in [0.15, 0.2) is 0 Å². The van der Waals surface area contributed by atoms with Gasteiger partial charge in [-0.15, -0.1) is 0 Å². The molecule has 0 spiro atoms. The number of hydrogen-bond donors (Lipinski definition) is 1. The van der Waals surface area contributed by atoms with Crippen molar-refractivity contribution in [1.82, 2.24) is 0 Å². The predicted molar refractivity (Wildman–Crippen MR) is 97.2 cm³/mol. The van der Waals surface area contributed by atoms with Crippen molar-refractivity contribution in [3.8, 4) is 0 Å². The second-order valence-corrected chi connectivity index (χ2v) is 6.07. The Morgan fingerprint density at radius 1 is 0.792 bits per heavy atom. The number of anilines is 2. The Bertz CT molecular complexity index is 645. The van der Waals surface area contributed by atoms with Gasteiger partial charge in [-0.2, -0.15) is 0 Å². The molecule has 0 bridgehead atoms. The first-order valence-corrected chi connectivity index (χ1v) is 8.22. The minimum absolute atomic E-state index is 0.0205. The van der Waals surface area contributed by atoms with E-state index in [4.69, 9.17) is 5.73 Å². The lowest BCUT2D eigenvalue weighted by atomic mass is 10.1. The van der Waals surface area contributed by atoms with Crippen LogP contribution in [0.3, 0.4) is 0 Å². The van der Waals surface area contributed by atoms with Gasteiger partial charge >= 0.3 is 0 Å². The fourth-order valence-electron chi connectivity index (χ4n) is 2.51. The highest BCUT2D eigenvalue weighted by Gasteiger charge is 2.17. The van der Waals surface area contributed by atoms with Crippen LogP contribution in [-0.4, -0.2) is 11.8 Å². The van der Waals surface area contributed by atoms with E-state index in [0.717, 1.165) is 22.5 Å². The second-order valence-electron chi connectivity index (χ2n) is 6.07. The molecule has 0 radical (unpaired) electrons. The molecule has 24 heavy (non-hydrogen) atoms. The fraction of sp³-hybridized carbons (Fsp3) is 0.300. The number of amides is 2. The molecule has 0 aliphatic carbocycles. The van der Waals surface area contributed by atoms with Gasteiger partial charge in [0.25, 0.3) is 0 Å². The molecule has 0 saturated carbocycles. The molecule has 0 aliphatic rings. The van der Waals surface area contributed by atoms with Crippen molar-refractivity contribution in [2.75, 3.05) is 4.90 Å². The van der Waals surface area contributed by atoms with E-state index < -0.39 is 0 Å². The lowest BCUT2D eigenvalue weighted by Gasteiger charge is -2.23. The van der Waals surface area contributed by atoms with Crippen LogP contribution in [0.1, 0.15) is 36.8 Å². The summed E-state index contributed by atoms with van der Waals surface area (Å²) < 4.78 is 0. The van der Waals surface area contributed by atoms with Crippen molar-refractivity contribution in [2.45, 2.75) is 39.5 Å². The molecule has 4 heteroatoms. The van der Waals surface area contributed by atoms with Gasteiger partial charge in [0.1, 0.15) is 0 Å². The number of nitrogens with zero attached hydrogens (tertiary/aromatic N) is 1. The molecule has 0 heterocycles. The average Bonchev–Trinajstić information content (AvgIpc) is 2.55. The maximum Gasteiger partial charge on any atom is 0.231 e. The first kappa shape index (κ1) is 17.7. The van der Waals surface area contributed by atoms with Gasteiger partial charge < -0.3 is 5.73 Å². The summed E-state index contributed by atoms with van der Waals surface area (Å²) >= 11 is 0. The third-order valence-corrected chi connectivity index (χ3v) is 3.90. The SMILES string of the molecule is Cc1ccc(N(C(=O)CCCCC(N)=O)c2ccc(C)cc2)cc1. The molecule has 4 nitrogen and oxygen atoms in total. The van der Waals surface area contributed by atoms with Gasteiger partial charge in [-0.25, -0.2) is 0 Å². The number of carbonyl (C=O) groups is 2. The Morgan fingerprint density at radius 2 is 1.21 bits per heavy atom. The number of rotatable bonds is 7. The molecular weight excluding hydrogens is 300 g/mol. The number of primary amides is 1. The van der Waals surface area contributed by atoms with Crippen LogP contribution in [0.4, 0.5) is 11.4 Å². The predicted octanol–water partition coefficient (Wildman–Crippen LogP) is 4.01. The minimum Gasteiger partial charge on any atom is -0.370 e. The maximum atomic E-state index is 12.8. The van der Waals surface area contributed by atoms with Gasteiger partial charge in [0.05, 0.1) is 0 Å². The monoisotopic (exact) mass is 324 g/mol. The smallest absolute Gasteiger partial charge is 0.231 e.